The smallest absolute Gasteiger partial charge is 0.315 e. The Bertz CT molecular complexity index is 386. The standard InChI is InChI=1S/C18H33N3O2/c1-14(2)13-21-10-8-16(9-11-21)20-18(22)19-15(3)6-7-17-5-4-12-23-17/h15-17H,1,4-13H2,2-3H3,(H2,19,20,22)/t15-,17+/m1/s1. The summed E-state index contributed by atoms with van der Waals surface area (Å²) < 4.78 is 5.63. The van der Waals surface area contributed by atoms with Crippen LogP contribution in [0.4, 0.5) is 4.79 Å². The van der Waals surface area contributed by atoms with Crippen molar-refractivity contribution in [1.29, 1.82) is 0 Å². The molecule has 2 aliphatic heterocycles. The molecule has 0 aromatic carbocycles. The van der Waals surface area contributed by atoms with Gasteiger partial charge in [0.25, 0.3) is 0 Å². The minimum Gasteiger partial charge on any atom is -0.378 e. The number of likely N-dealkylation sites (tertiary alicyclic amines) is 1. The topological polar surface area (TPSA) is 53.6 Å². The molecule has 0 bridgehead atoms. The number of carbonyl (C=O) groups is 1. The van der Waals surface area contributed by atoms with Gasteiger partial charge in [-0.25, -0.2) is 4.79 Å². The van der Waals surface area contributed by atoms with Crippen LogP contribution < -0.4 is 10.6 Å². The lowest BCUT2D eigenvalue weighted by Crippen LogP contribution is -2.49. The second-order valence-electron chi connectivity index (χ2n) is 7.24. The Balaban J connectivity index is 1.58. The van der Waals surface area contributed by atoms with E-state index in [9.17, 15) is 4.79 Å². The molecule has 0 aromatic rings. The van der Waals surface area contributed by atoms with Crippen molar-refractivity contribution < 1.29 is 9.53 Å². The minimum absolute atomic E-state index is 0.0248. The molecule has 5 nitrogen and oxygen atoms in total. The molecule has 132 valence electrons. The molecular formula is C18H33N3O2. The maximum absolute atomic E-state index is 12.1. The zero-order chi connectivity index (χ0) is 16.7. The van der Waals surface area contributed by atoms with Crippen molar-refractivity contribution in [1.82, 2.24) is 15.5 Å². The van der Waals surface area contributed by atoms with Gasteiger partial charge in [-0.15, -0.1) is 0 Å². The predicted octanol–water partition coefficient (Wildman–Crippen LogP) is 2.67. The third kappa shape index (κ3) is 6.92. The largest absolute Gasteiger partial charge is 0.378 e. The van der Waals surface area contributed by atoms with Crippen molar-refractivity contribution in [2.75, 3.05) is 26.2 Å². The Kier molecular flexibility index (Phi) is 7.37. The zero-order valence-electron chi connectivity index (χ0n) is 14.8. The molecule has 0 radical (unpaired) electrons. The fraction of sp³-hybridized carbons (Fsp3) is 0.833. The van der Waals surface area contributed by atoms with Gasteiger partial charge in [0, 0.05) is 38.3 Å². The van der Waals surface area contributed by atoms with Crippen molar-refractivity contribution >= 4 is 6.03 Å². The van der Waals surface area contributed by atoms with Crippen LogP contribution in [0.2, 0.25) is 0 Å². The molecule has 5 heteroatoms. The quantitative estimate of drug-likeness (QED) is 0.708. The highest BCUT2D eigenvalue weighted by Gasteiger charge is 2.21. The molecule has 2 rings (SSSR count). The number of carbonyl (C=O) groups excluding carboxylic acids is 1. The first kappa shape index (κ1) is 18.3. The second kappa shape index (κ2) is 9.28. The summed E-state index contributed by atoms with van der Waals surface area (Å²) in [5.41, 5.74) is 1.20. The lowest BCUT2D eigenvalue weighted by molar-refractivity contribution is 0.100. The summed E-state index contributed by atoms with van der Waals surface area (Å²) in [6.45, 7) is 12.0. The van der Waals surface area contributed by atoms with Crippen molar-refractivity contribution in [2.45, 2.75) is 70.6 Å². The molecule has 2 heterocycles. The second-order valence-corrected chi connectivity index (χ2v) is 7.24. The molecule has 2 N–H and O–H groups in total. The molecule has 2 aliphatic rings. The minimum atomic E-state index is -0.0248. The Hall–Kier alpha value is -1.07. The number of ether oxygens (including phenoxy) is 1. The Morgan fingerprint density at radius 1 is 1.35 bits per heavy atom. The van der Waals surface area contributed by atoms with Crippen LogP contribution in [0.15, 0.2) is 12.2 Å². The van der Waals surface area contributed by atoms with E-state index < -0.39 is 0 Å². The van der Waals surface area contributed by atoms with Crippen LogP contribution in [0.3, 0.4) is 0 Å². The SMILES string of the molecule is C=C(C)CN1CCC(NC(=O)N[C@H](C)CC[C@@H]2CCCO2)CC1. The molecule has 23 heavy (non-hydrogen) atoms. The number of rotatable bonds is 7. The van der Waals surface area contributed by atoms with Crippen LogP contribution in [-0.2, 0) is 4.74 Å². The van der Waals surface area contributed by atoms with E-state index in [4.69, 9.17) is 4.74 Å². The number of amides is 2. The lowest BCUT2D eigenvalue weighted by atomic mass is 10.0. The molecule has 2 fully saturated rings. The van der Waals surface area contributed by atoms with E-state index in [2.05, 4.69) is 36.0 Å². The molecule has 0 unspecified atom stereocenters. The zero-order valence-corrected chi connectivity index (χ0v) is 14.8. The summed E-state index contributed by atoms with van der Waals surface area (Å²) >= 11 is 0. The Labute approximate surface area is 140 Å². The fourth-order valence-corrected chi connectivity index (χ4v) is 3.45. The van der Waals surface area contributed by atoms with Crippen LogP contribution in [0.1, 0.15) is 52.4 Å². The molecule has 2 atom stereocenters. The molecular weight excluding hydrogens is 290 g/mol. The van der Waals surface area contributed by atoms with E-state index in [1.54, 1.807) is 0 Å². The summed E-state index contributed by atoms with van der Waals surface area (Å²) in [7, 11) is 0. The number of hydrogen-bond acceptors (Lipinski definition) is 3. The van der Waals surface area contributed by atoms with Crippen molar-refractivity contribution in [3.8, 4) is 0 Å². The highest BCUT2D eigenvalue weighted by Crippen LogP contribution is 2.17. The van der Waals surface area contributed by atoms with Crippen molar-refractivity contribution in [3.63, 3.8) is 0 Å². The summed E-state index contributed by atoms with van der Waals surface area (Å²) in [5.74, 6) is 0. The first-order chi connectivity index (χ1) is 11.0. The molecule has 0 saturated carbocycles. The molecule has 0 spiro atoms. The maximum atomic E-state index is 12.1. The average Bonchev–Trinajstić information content (AvgIpc) is 3.00. The number of urea groups is 1. The highest BCUT2D eigenvalue weighted by molar-refractivity contribution is 5.74. The van der Waals surface area contributed by atoms with Gasteiger partial charge in [-0.2, -0.15) is 0 Å². The van der Waals surface area contributed by atoms with Crippen molar-refractivity contribution in [2.24, 2.45) is 0 Å². The van der Waals surface area contributed by atoms with Crippen LogP contribution in [0.5, 0.6) is 0 Å². The lowest BCUT2D eigenvalue weighted by Gasteiger charge is -2.32. The molecule has 0 aliphatic carbocycles. The summed E-state index contributed by atoms with van der Waals surface area (Å²) in [5, 5.41) is 6.18. The van der Waals surface area contributed by atoms with Crippen LogP contribution in [0, 0.1) is 0 Å². The fourth-order valence-electron chi connectivity index (χ4n) is 3.45. The normalized spacial score (nSPS) is 24.3. The Morgan fingerprint density at radius 3 is 2.70 bits per heavy atom. The van der Waals surface area contributed by atoms with Gasteiger partial charge >= 0.3 is 6.03 Å². The third-order valence-corrected chi connectivity index (χ3v) is 4.74. The Morgan fingerprint density at radius 2 is 2.09 bits per heavy atom. The number of hydrogen-bond donors (Lipinski definition) is 2. The van der Waals surface area contributed by atoms with Crippen LogP contribution >= 0.6 is 0 Å². The van der Waals surface area contributed by atoms with Gasteiger partial charge in [0.1, 0.15) is 0 Å². The number of nitrogens with zero attached hydrogens (tertiary/aromatic N) is 1. The first-order valence-corrected chi connectivity index (χ1v) is 9.08. The number of piperidine rings is 1. The monoisotopic (exact) mass is 323 g/mol. The summed E-state index contributed by atoms with van der Waals surface area (Å²) in [4.78, 5) is 14.5. The summed E-state index contributed by atoms with van der Waals surface area (Å²) in [6, 6.07) is 0.465. The van der Waals surface area contributed by atoms with E-state index in [1.807, 2.05) is 0 Å². The van der Waals surface area contributed by atoms with Gasteiger partial charge in [-0.1, -0.05) is 12.2 Å². The van der Waals surface area contributed by atoms with E-state index >= 15 is 0 Å². The predicted molar refractivity (Wildman–Crippen MR) is 93.6 cm³/mol. The van der Waals surface area contributed by atoms with Crippen LogP contribution in [0.25, 0.3) is 0 Å². The highest BCUT2D eigenvalue weighted by atomic mass is 16.5. The average molecular weight is 323 g/mol. The van der Waals surface area contributed by atoms with Gasteiger partial charge in [-0.05, 0) is 52.4 Å². The van der Waals surface area contributed by atoms with Gasteiger partial charge < -0.3 is 15.4 Å². The van der Waals surface area contributed by atoms with Gasteiger partial charge in [0.2, 0.25) is 0 Å². The molecule has 2 amide bonds. The van der Waals surface area contributed by atoms with Gasteiger partial charge in [-0.3, -0.25) is 4.90 Å². The van der Waals surface area contributed by atoms with E-state index in [1.165, 1.54) is 18.4 Å². The maximum Gasteiger partial charge on any atom is 0.315 e. The number of nitrogens with one attached hydrogen (secondary N) is 2. The van der Waals surface area contributed by atoms with Crippen LogP contribution in [-0.4, -0.2) is 55.4 Å². The van der Waals surface area contributed by atoms with E-state index in [-0.39, 0.29) is 12.1 Å². The molecule has 0 aromatic heterocycles. The van der Waals surface area contributed by atoms with E-state index in [0.717, 1.165) is 51.9 Å². The first-order valence-electron chi connectivity index (χ1n) is 9.08. The van der Waals surface area contributed by atoms with Gasteiger partial charge in [0.15, 0.2) is 0 Å². The third-order valence-electron chi connectivity index (χ3n) is 4.74. The molecule has 2 saturated heterocycles. The van der Waals surface area contributed by atoms with Crippen molar-refractivity contribution in [3.05, 3.63) is 12.2 Å². The summed E-state index contributed by atoms with van der Waals surface area (Å²) in [6.07, 6.45) is 6.81. The van der Waals surface area contributed by atoms with E-state index in [0.29, 0.717) is 12.1 Å². The van der Waals surface area contributed by atoms with Gasteiger partial charge in [0.05, 0.1) is 6.10 Å².